The minimum absolute atomic E-state index is 0.103. The second-order valence-corrected chi connectivity index (χ2v) is 16.4. The molecule has 0 bridgehead atoms. The Morgan fingerprint density at radius 3 is 1.19 bits per heavy atom. The van der Waals surface area contributed by atoms with E-state index in [4.69, 9.17) is 14.2 Å². The standard InChI is InChI=1S/C56H92O6/c1-4-7-10-13-16-19-22-25-27-28-30-31-34-37-40-43-46-49-55(58)61-52-53(51-60-54(57)48-45-42-39-36-33-24-21-18-15-12-9-6-3)62-56(59)50-47-44-41-38-35-32-29-26-23-20-17-14-11-8-5-2/h8-9,11-12,14,17-18,20-21,23,25-27,29,32,35,53H,4-7,10,13,15-16,19,22,24,28,30-31,33-34,36-52H2,1-3H3/b11-8-,12-9-,17-14-,21-18-,23-20-,27-25-,29-26-,35-32-. The normalized spacial score (nSPS) is 12.9. The monoisotopic (exact) mass is 861 g/mol. The molecule has 0 fully saturated rings. The van der Waals surface area contributed by atoms with Crippen LogP contribution in [0.5, 0.6) is 0 Å². The maximum absolute atomic E-state index is 12.8. The third-order valence-corrected chi connectivity index (χ3v) is 10.4. The first kappa shape index (κ1) is 58.3. The van der Waals surface area contributed by atoms with Crippen LogP contribution in [0.2, 0.25) is 0 Å². The Morgan fingerprint density at radius 1 is 0.355 bits per heavy atom. The Hall–Kier alpha value is -3.67. The van der Waals surface area contributed by atoms with Gasteiger partial charge in [0.15, 0.2) is 6.10 Å². The van der Waals surface area contributed by atoms with Gasteiger partial charge in [-0.25, -0.2) is 0 Å². The van der Waals surface area contributed by atoms with Gasteiger partial charge < -0.3 is 14.2 Å². The number of unbranched alkanes of at least 4 members (excludes halogenated alkanes) is 21. The number of ether oxygens (including phenoxy) is 3. The van der Waals surface area contributed by atoms with Crippen molar-refractivity contribution in [2.45, 2.75) is 226 Å². The molecule has 0 rings (SSSR count). The van der Waals surface area contributed by atoms with E-state index >= 15 is 0 Å². The van der Waals surface area contributed by atoms with Gasteiger partial charge in [0, 0.05) is 19.3 Å². The Morgan fingerprint density at radius 2 is 0.710 bits per heavy atom. The molecule has 352 valence electrons. The van der Waals surface area contributed by atoms with Crippen LogP contribution in [0.15, 0.2) is 97.2 Å². The molecule has 1 unspecified atom stereocenters. The Bertz CT molecular complexity index is 1260. The van der Waals surface area contributed by atoms with Gasteiger partial charge in [-0.1, -0.05) is 208 Å². The van der Waals surface area contributed by atoms with Crippen molar-refractivity contribution in [3.63, 3.8) is 0 Å². The summed E-state index contributed by atoms with van der Waals surface area (Å²) in [6, 6.07) is 0. The number of hydrogen-bond acceptors (Lipinski definition) is 6. The predicted molar refractivity (Wildman–Crippen MR) is 265 cm³/mol. The Kier molecular flexibility index (Phi) is 47.0. The van der Waals surface area contributed by atoms with Gasteiger partial charge in [0.2, 0.25) is 0 Å². The lowest BCUT2D eigenvalue weighted by Crippen LogP contribution is -2.30. The van der Waals surface area contributed by atoms with Crippen molar-refractivity contribution in [2.24, 2.45) is 0 Å². The summed E-state index contributed by atoms with van der Waals surface area (Å²) in [5.41, 5.74) is 0. The van der Waals surface area contributed by atoms with Crippen LogP contribution in [0.1, 0.15) is 220 Å². The third kappa shape index (κ3) is 47.4. The number of rotatable bonds is 44. The molecule has 0 spiro atoms. The van der Waals surface area contributed by atoms with Gasteiger partial charge in [-0.3, -0.25) is 14.4 Å². The largest absolute Gasteiger partial charge is 0.462 e. The summed E-state index contributed by atoms with van der Waals surface area (Å²) in [4.78, 5) is 37.9. The van der Waals surface area contributed by atoms with Gasteiger partial charge in [0.1, 0.15) is 13.2 Å². The first-order chi connectivity index (χ1) is 30.5. The van der Waals surface area contributed by atoms with Crippen molar-refractivity contribution in [1.82, 2.24) is 0 Å². The van der Waals surface area contributed by atoms with Gasteiger partial charge >= 0.3 is 17.9 Å². The highest BCUT2D eigenvalue weighted by Gasteiger charge is 2.19. The zero-order valence-electron chi connectivity index (χ0n) is 40.1. The first-order valence-electron chi connectivity index (χ1n) is 25.3. The molecule has 0 amide bonds. The van der Waals surface area contributed by atoms with E-state index in [1.54, 1.807) is 0 Å². The highest BCUT2D eigenvalue weighted by molar-refractivity contribution is 5.71. The summed E-state index contributed by atoms with van der Waals surface area (Å²) >= 11 is 0. The van der Waals surface area contributed by atoms with Crippen molar-refractivity contribution in [2.75, 3.05) is 13.2 Å². The minimum atomic E-state index is -0.807. The molecule has 0 radical (unpaired) electrons. The molecule has 0 aromatic heterocycles. The molecule has 1 atom stereocenters. The summed E-state index contributed by atoms with van der Waals surface area (Å²) in [5, 5.41) is 0. The Balaban J connectivity index is 4.47. The number of esters is 3. The predicted octanol–water partition coefficient (Wildman–Crippen LogP) is 16.6. The fourth-order valence-electron chi connectivity index (χ4n) is 6.67. The molecule has 0 N–H and O–H groups in total. The molecule has 6 nitrogen and oxygen atoms in total. The van der Waals surface area contributed by atoms with Crippen LogP contribution in [0.4, 0.5) is 0 Å². The highest BCUT2D eigenvalue weighted by Crippen LogP contribution is 2.14. The summed E-state index contributed by atoms with van der Waals surface area (Å²) in [7, 11) is 0. The van der Waals surface area contributed by atoms with Gasteiger partial charge in [0.05, 0.1) is 0 Å². The highest BCUT2D eigenvalue weighted by atomic mass is 16.6. The van der Waals surface area contributed by atoms with E-state index in [0.29, 0.717) is 19.3 Å². The minimum Gasteiger partial charge on any atom is -0.462 e. The average molecular weight is 861 g/mol. The molecule has 0 aromatic rings. The van der Waals surface area contributed by atoms with Crippen LogP contribution in [-0.4, -0.2) is 37.2 Å². The topological polar surface area (TPSA) is 78.9 Å². The average Bonchev–Trinajstić information content (AvgIpc) is 3.27. The molecule has 62 heavy (non-hydrogen) atoms. The maximum atomic E-state index is 12.8. The molecule has 0 heterocycles. The van der Waals surface area contributed by atoms with Crippen molar-refractivity contribution >= 4 is 17.9 Å². The smallest absolute Gasteiger partial charge is 0.306 e. The number of carbonyl (C=O) groups excluding carboxylic acids is 3. The van der Waals surface area contributed by atoms with Crippen molar-refractivity contribution < 1.29 is 28.6 Å². The van der Waals surface area contributed by atoms with Crippen molar-refractivity contribution in [1.29, 1.82) is 0 Å². The summed E-state index contributed by atoms with van der Waals surface area (Å²) in [6.07, 6.45) is 65.3. The maximum Gasteiger partial charge on any atom is 0.306 e. The van der Waals surface area contributed by atoms with Crippen LogP contribution in [0.3, 0.4) is 0 Å². The zero-order chi connectivity index (χ0) is 45.1. The number of carbonyl (C=O) groups is 3. The fraction of sp³-hybridized carbons (Fsp3) is 0.661. The quantitative estimate of drug-likeness (QED) is 0.0200. The second-order valence-electron chi connectivity index (χ2n) is 16.4. The third-order valence-electron chi connectivity index (χ3n) is 10.4. The molecule has 0 aliphatic carbocycles. The lowest BCUT2D eigenvalue weighted by molar-refractivity contribution is -0.167. The van der Waals surface area contributed by atoms with Crippen LogP contribution in [0.25, 0.3) is 0 Å². The molecule has 0 aliphatic heterocycles. The second kappa shape index (κ2) is 50.0. The molecule has 0 aromatic carbocycles. The van der Waals surface area contributed by atoms with E-state index in [9.17, 15) is 14.4 Å². The summed E-state index contributed by atoms with van der Waals surface area (Å²) in [5.74, 6) is -0.969. The lowest BCUT2D eigenvalue weighted by Gasteiger charge is -2.18. The van der Waals surface area contributed by atoms with Gasteiger partial charge in [-0.15, -0.1) is 0 Å². The van der Waals surface area contributed by atoms with E-state index in [0.717, 1.165) is 96.3 Å². The molecular weight excluding hydrogens is 769 g/mol. The van der Waals surface area contributed by atoms with E-state index in [-0.39, 0.29) is 37.5 Å². The van der Waals surface area contributed by atoms with Crippen LogP contribution in [0, 0.1) is 0 Å². The van der Waals surface area contributed by atoms with E-state index in [2.05, 4.69) is 69.4 Å². The SMILES string of the molecule is CC\C=C/C=C\C=C/C=C\C=C/CCCCCC(=O)OC(COC(=O)CCCCCCC/C=C\C/C=C\CC)COC(=O)CCCCCCCCC/C=C\CCCCCCCC. The number of allylic oxidation sites excluding steroid dienone is 16. The van der Waals surface area contributed by atoms with Crippen LogP contribution >= 0.6 is 0 Å². The molecule has 6 heteroatoms. The molecular formula is C56H92O6. The molecule has 0 saturated heterocycles. The zero-order valence-corrected chi connectivity index (χ0v) is 40.1. The van der Waals surface area contributed by atoms with E-state index < -0.39 is 6.10 Å². The first-order valence-corrected chi connectivity index (χ1v) is 25.3. The van der Waals surface area contributed by atoms with Crippen molar-refractivity contribution in [3.8, 4) is 0 Å². The molecule has 0 saturated carbocycles. The number of hydrogen-bond donors (Lipinski definition) is 0. The van der Waals surface area contributed by atoms with Crippen molar-refractivity contribution in [3.05, 3.63) is 97.2 Å². The lowest BCUT2D eigenvalue weighted by atomic mass is 10.1. The van der Waals surface area contributed by atoms with Gasteiger partial charge in [-0.2, -0.15) is 0 Å². The van der Waals surface area contributed by atoms with Gasteiger partial charge in [0.25, 0.3) is 0 Å². The molecule has 0 aliphatic rings. The Labute approximate surface area is 381 Å². The van der Waals surface area contributed by atoms with E-state index in [1.165, 1.54) is 77.0 Å². The van der Waals surface area contributed by atoms with E-state index in [1.807, 2.05) is 48.6 Å². The summed E-state index contributed by atoms with van der Waals surface area (Å²) < 4.78 is 16.7. The van der Waals surface area contributed by atoms with Crippen LogP contribution in [-0.2, 0) is 28.6 Å². The summed E-state index contributed by atoms with van der Waals surface area (Å²) in [6.45, 7) is 6.32. The van der Waals surface area contributed by atoms with Gasteiger partial charge in [-0.05, 0) is 89.9 Å². The van der Waals surface area contributed by atoms with Crippen LogP contribution < -0.4 is 0 Å². The fourth-order valence-corrected chi connectivity index (χ4v) is 6.67.